The van der Waals surface area contributed by atoms with Gasteiger partial charge in [0.25, 0.3) is 11.8 Å². The molecule has 3 rings (SSSR count). The molecule has 8 heteroatoms. The van der Waals surface area contributed by atoms with Gasteiger partial charge in [-0.3, -0.25) is 4.79 Å². The Morgan fingerprint density at radius 1 is 1.22 bits per heavy atom. The van der Waals surface area contributed by atoms with Crippen LogP contribution in [-0.4, -0.2) is 21.9 Å². The van der Waals surface area contributed by atoms with E-state index in [1.807, 2.05) is 0 Å². The predicted octanol–water partition coefficient (Wildman–Crippen LogP) is 3.18. The molecule has 5 nitrogen and oxygen atoms in total. The van der Waals surface area contributed by atoms with Gasteiger partial charge in [0.05, 0.1) is 5.56 Å². The molecule has 1 aliphatic carbocycles. The molecular weight excluding hydrogens is 311 g/mol. The summed E-state index contributed by atoms with van der Waals surface area (Å²) in [6.45, 7) is 0. The number of ether oxygens (including phenoxy) is 1. The van der Waals surface area contributed by atoms with Gasteiger partial charge in [-0.2, -0.15) is 13.2 Å². The highest BCUT2D eigenvalue weighted by molar-refractivity contribution is 5.94. The third-order valence-electron chi connectivity index (χ3n) is 3.17. The van der Waals surface area contributed by atoms with Gasteiger partial charge < -0.3 is 10.1 Å². The van der Waals surface area contributed by atoms with Crippen LogP contribution >= 0.6 is 0 Å². The fourth-order valence-corrected chi connectivity index (χ4v) is 1.88. The summed E-state index contributed by atoms with van der Waals surface area (Å²) in [5, 5.41) is 2.73. The highest BCUT2D eigenvalue weighted by atomic mass is 19.4. The van der Waals surface area contributed by atoms with Gasteiger partial charge in [-0.05, 0) is 31.0 Å². The number of carbonyl (C=O) groups excluding carboxylic acids is 1. The van der Waals surface area contributed by atoms with Crippen LogP contribution in [0.4, 0.5) is 13.2 Å². The Bertz CT molecular complexity index is 730. The minimum atomic E-state index is -4.48. The topological polar surface area (TPSA) is 64.1 Å². The van der Waals surface area contributed by atoms with Crippen molar-refractivity contribution >= 4 is 5.91 Å². The highest BCUT2D eigenvalue weighted by Crippen LogP contribution is 2.32. The Kier molecular flexibility index (Phi) is 3.89. The molecule has 1 aromatic heterocycles. The monoisotopic (exact) mass is 323 g/mol. The summed E-state index contributed by atoms with van der Waals surface area (Å²) in [7, 11) is 0. The molecule has 0 saturated heterocycles. The van der Waals surface area contributed by atoms with Crippen LogP contribution in [0.15, 0.2) is 36.7 Å². The van der Waals surface area contributed by atoms with Gasteiger partial charge in [0.1, 0.15) is 5.75 Å². The molecule has 0 unspecified atom stereocenters. The number of hydrogen-bond acceptors (Lipinski definition) is 4. The number of rotatable bonds is 4. The van der Waals surface area contributed by atoms with Crippen molar-refractivity contribution in [1.29, 1.82) is 0 Å². The van der Waals surface area contributed by atoms with Gasteiger partial charge in [0.2, 0.25) is 0 Å². The van der Waals surface area contributed by atoms with Crippen molar-refractivity contribution in [1.82, 2.24) is 15.3 Å². The van der Waals surface area contributed by atoms with E-state index in [0.717, 1.165) is 25.0 Å². The van der Waals surface area contributed by atoms with Gasteiger partial charge in [0, 0.05) is 18.4 Å². The SMILES string of the molecule is O=C(NC1CC1)c1nccnc1Oc1cccc(C(F)(F)F)c1. The third kappa shape index (κ3) is 3.77. The number of nitrogens with zero attached hydrogens (tertiary/aromatic N) is 2. The molecule has 23 heavy (non-hydrogen) atoms. The molecule has 0 aliphatic heterocycles. The molecule has 1 heterocycles. The van der Waals surface area contributed by atoms with Crippen molar-refractivity contribution in [3.8, 4) is 11.6 Å². The zero-order valence-electron chi connectivity index (χ0n) is 11.8. The summed E-state index contributed by atoms with van der Waals surface area (Å²) in [5.41, 5.74) is -0.903. The molecule has 0 spiro atoms. The van der Waals surface area contributed by atoms with Crippen LogP contribution in [-0.2, 0) is 6.18 Å². The normalized spacial score (nSPS) is 14.4. The van der Waals surface area contributed by atoms with Crippen LogP contribution in [0, 0.1) is 0 Å². The van der Waals surface area contributed by atoms with Crippen LogP contribution in [0.2, 0.25) is 0 Å². The van der Waals surface area contributed by atoms with E-state index in [4.69, 9.17) is 4.74 Å². The maximum absolute atomic E-state index is 12.7. The second kappa shape index (κ2) is 5.86. The number of hydrogen-bond donors (Lipinski definition) is 1. The second-order valence-corrected chi connectivity index (χ2v) is 5.09. The smallest absolute Gasteiger partial charge is 0.416 e. The lowest BCUT2D eigenvalue weighted by Gasteiger charge is -2.11. The summed E-state index contributed by atoms with van der Waals surface area (Å²) in [6, 6.07) is 4.47. The van der Waals surface area contributed by atoms with E-state index >= 15 is 0 Å². The molecule has 1 aromatic carbocycles. The van der Waals surface area contributed by atoms with E-state index in [2.05, 4.69) is 15.3 Å². The Balaban J connectivity index is 1.84. The van der Waals surface area contributed by atoms with Crippen molar-refractivity contribution in [2.24, 2.45) is 0 Å². The van der Waals surface area contributed by atoms with Crippen molar-refractivity contribution in [2.45, 2.75) is 25.1 Å². The highest BCUT2D eigenvalue weighted by Gasteiger charge is 2.31. The lowest BCUT2D eigenvalue weighted by Crippen LogP contribution is -2.26. The Morgan fingerprint density at radius 3 is 2.65 bits per heavy atom. The average molecular weight is 323 g/mol. The summed E-state index contributed by atoms with van der Waals surface area (Å²) < 4.78 is 43.5. The standard InChI is InChI=1S/C15H12F3N3O2/c16-15(17,18)9-2-1-3-11(8-9)23-14-12(19-6-7-20-14)13(22)21-10-4-5-10/h1-3,6-8,10H,4-5H2,(H,21,22). The van der Waals surface area contributed by atoms with Crippen LogP contribution in [0.25, 0.3) is 0 Å². The van der Waals surface area contributed by atoms with E-state index in [-0.39, 0.29) is 23.4 Å². The first-order chi connectivity index (χ1) is 10.9. The first-order valence-electron chi connectivity index (χ1n) is 6.90. The van der Waals surface area contributed by atoms with E-state index in [1.165, 1.54) is 24.5 Å². The third-order valence-corrected chi connectivity index (χ3v) is 3.17. The number of aromatic nitrogens is 2. The maximum Gasteiger partial charge on any atom is 0.416 e. The number of halogens is 3. The molecule has 0 atom stereocenters. The van der Waals surface area contributed by atoms with Crippen molar-refractivity contribution in [3.63, 3.8) is 0 Å². The van der Waals surface area contributed by atoms with Crippen molar-refractivity contribution in [2.75, 3.05) is 0 Å². The lowest BCUT2D eigenvalue weighted by molar-refractivity contribution is -0.137. The van der Waals surface area contributed by atoms with Gasteiger partial charge in [0.15, 0.2) is 5.69 Å². The minimum Gasteiger partial charge on any atom is -0.437 e. The molecule has 2 aromatic rings. The average Bonchev–Trinajstić information content (AvgIpc) is 3.31. The summed E-state index contributed by atoms with van der Waals surface area (Å²) in [6.07, 6.45) is -0.0583. The fraction of sp³-hybridized carbons (Fsp3) is 0.267. The Morgan fingerprint density at radius 2 is 1.96 bits per heavy atom. The molecule has 1 saturated carbocycles. The summed E-state index contributed by atoms with van der Waals surface area (Å²) in [4.78, 5) is 19.9. The molecule has 1 fully saturated rings. The molecule has 1 aliphatic rings. The van der Waals surface area contributed by atoms with Gasteiger partial charge in [-0.25, -0.2) is 9.97 Å². The largest absolute Gasteiger partial charge is 0.437 e. The molecule has 120 valence electrons. The fourth-order valence-electron chi connectivity index (χ4n) is 1.88. The molecule has 0 radical (unpaired) electrons. The lowest BCUT2D eigenvalue weighted by atomic mass is 10.2. The number of nitrogens with one attached hydrogen (secondary N) is 1. The molecular formula is C15H12F3N3O2. The Hall–Kier alpha value is -2.64. The minimum absolute atomic E-state index is 0.0585. The van der Waals surface area contributed by atoms with E-state index in [9.17, 15) is 18.0 Å². The zero-order valence-corrected chi connectivity index (χ0v) is 11.8. The Labute approximate surface area is 129 Å². The second-order valence-electron chi connectivity index (χ2n) is 5.09. The molecule has 1 N–H and O–H groups in total. The van der Waals surface area contributed by atoms with E-state index in [1.54, 1.807) is 0 Å². The van der Waals surface area contributed by atoms with Crippen molar-refractivity contribution in [3.05, 3.63) is 47.9 Å². The molecule has 1 amide bonds. The zero-order chi connectivity index (χ0) is 16.4. The maximum atomic E-state index is 12.7. The van der Waals surface area contributed by atoms with Crippen LogP contribution in [0.1, 0.15) is 28.9 Å². The molecule has 0 bridgehead atoms. The van der Waals surface area contributed by atoms with Gasteiger partial charge in [-0.15, -0.1) is 0 Å². The predicted molar refractivity (Wildman–Crippen MR) is 74.0 cm³/mol. The van der Waals surface area contributed by atoms with Gasteiger partial charge in [-0.1, -0.05) is 6.07 Å². The number of amides is 1. The number of benzene rings is 1. The summed E-state index contributed by atoms with van der Waals surface area (Å²) >= 11 is 0. The first kappa shape index (κ1) is 15.3. The van der Waals surface area contributed by atoms with Crippen LogP contribution in [0.3, 0.4) is 0 Å². The van der Waals surface area contributed by atoms with Gasteiger partial charge >= 0.3 is 6.18 Å². The van der Waals surface area contributed by atoms with Crippen molar-refractivity contribution < 1.29 is 22.7 Å². The quantitative estimate of drug-likeness (QED) is 0.938. The summed E-state index contributed by atoms with van der Waals surface area (Å²) in [5.74, 6) is -0.659. The first-order valence-corrected chi connectivity index (χ1v) is 6.90. The number of alkyl halides is 3. The van der Waals surface area contributed by atoms with E-state index in [0.29, 0.717) is 0 Å². The van der Waals surface area contributed by atoms with E-state index < -0.39 is 17.6 Å². The van der Waals surface area contributed by atoms with Crippen LogP contribution in [0.5, 0.6) is 11.6 Å². The number of carbonyl (C=O) groups is 1. The van der Waals surface area contributed by atoms with Crippen LogP contribution < -0.4 is 10.1 Å².